The fraction of sp³-hybridized carbons (Fsp3) is 0.486. The molecule has 3 amide bonds. The van der Waals surface area contributed by atoms with Crippen molar-refractivity contribution in [3.8, 4) is 6.07 Å². The average Bonchev–Trinajstić information content (AvgIpc) is 3.53. The lowest BCUT2D eigenvalue weighted by Gasteiger charge is -2.37. The van der Waals surface area contributed by atoms with E-state index in [1.807, 2.05) is 43.3 Å². The maximum Gasteiger partial charge on any atom is 0.253 e. The number of aryl methyl sites for hydroxylation is 3. The molecule has 2 N–H and O–H groups in total. The lowest BCUT2D eigenvalue weighted by atomic mass is 9.67. The van der Waals surface area contributed by atoms with Crippen LogP contribution in [-0.2, 0) is 23.1 Å². The largest absolute Gasteiger partial charge is 0.345 e. The van der Waals surface area contributed by atoms with E-state index in [2.05, 4.69) is 23.4 Å². The fourth-order valence-corrected chi connectivity index (χ4v) is 7.53. The Morgan fingerprint density at radius 2 is 1.61 bits per heavy atom. The first-order valence-electron chi connectivity index (χ1n) is 16.0. The number of aromatic amines is 1. The van der Waals surface area contributed by atoms with E-state index in [1.165, 1.54) is 0 Å². The van der Waals surface area contributed by atoms with Gasteiger partial charge in [0.1, 0.15) is 11.9 Å². The molecular formula is C35H42N8O3. The molecular weight excluding hydrogens is 580 g/mol. The maximum absolute atomic E-state index is 13.4. The number of nitrogens with zero attached hydrogens (tertiary/aromatic N) is 6. The Morgan fingerprint density at radius 1 is 1.02 bits per heavy atom. The van der Waals surface area contributed by atoms with Crippen LogP contribution >= 0.6 is 0 Å². The second kappa shape index (κ2) is 12.0. The first-order chi connectivity index (χ1) is 21.9. The van der Waals surface area contributed by atoms with Crippen LogP contribution in [0.15, 0.2) is 36.4 Å². The molecule has 6 rings (SSSR count). The summed E-state index contributed by atoms with van der Waals surface area (Å²) < 4.78 is 0. The van der Waals surface area contributed by atoms with E-state index in [-0.39, 0.29) is 42.4 Å². The van der Waals surface area contributed by atoms with Gasteiger partial charge in [-0.3, -0.25) is 19.5 Å². The molecule has 3 aliphatic rings. The number of carbonyl (C=O) groups is 3. The van der Waals surface area contributed by atoms with Crippen molar-refractivity contribution in [3.05, 3.63) is 81.4 Å². The minimum atomic E-state index is -0.856. The van der Waals surface area contributed by atoms with E-state index in [0.29, 0.717) is 48.0 Å². The first kappa shape index (κ1) is 31.4. The van der Waals surface area contributed by atoms with Gasteiger partial charge in [0.15, 0.2) is 5.82 Å². The molecule has 2 fully saturated rings. The molecule has 11 heteroatoms. The van der Waals surface area contributed by atoms with Crippen LogP contribution in [0.4, 0.5) is 0 Å². The number of aromatic nitrogens is 3. The molecule has 2 aromatic carbocycles. The van der Waals surface area contributed by atoms with Crippen LogP contribution in [-0.4, -0.2) is 100 Å². The molecule has 11 nitrogen and oxygen atoms in total. The Balaban J connectivity index is 1.44. The minimum Gasteiger partial charge on any atom is -0.345 e. The van der Waals surface area contributed by atoms with Crippen molar-refractivity contribution in [3.63, 3.8) is 0 Å². The highest BCUT2D eigenvalue weighted by molar-refractivity contribution is 5.95. The summed E-state index contributed by atoms with van der Waals surface area (Å²) in [5.41, 5.74) is 4.38. The molecule has 0 spiro atoms. The molecule has 240 valence electrons. The van der Waals surface area contributed by atoms with Crippen LogP contribution in [0, 0.1) is 24.2 Å². The van der Waals surface area contributed by atoms with Gasteiger partial charge in [-0.1, -0.05) is 12.1 Å². The van der Waals surface area contributed by atoms with Gasteiger partial charge in [0.05, 0.1) is 18.0 Å². The molecule has 1 saturated heterocycles. The lowest BCUT2D eigenvalue weighted by Crippen LogP contribution is -2.46. The van der Waals surface area contributed by atoms with E-state index in [9.17, 15) is 19.6 Å². The van der Waals surface area contributed by atoms with Gasteiger partial charge < -0.3 is 20.0 Å². The molecule has 4 atom stereocenters. The minimum absolute atomic E-state index is 0.0495. The van der Waals surface area contributed by atoms with Crippen molar-refractivity contribution in [1.29, 1.82) is 5.26 Å². The molecule has 0 radical (unpaired) electrons. The van der Waals surface area contributed by atoms with Gasteiger partial charge in [-0.05, 0) is 98.4 Å². The Hall–Kier alpha value is -4.56. The van der Waals surface area contributed by atoms with Crippen LogP contribution in [0.5, 0.6) is 0 Å². The number of nitriles is 1. The van der Waals surface area contributed by atoms with Crippen LogP contribution in [0.1, 0.15) is 80.8 Å². The van der Waals surface area contributed by atoms with Gasteiger partial charge in [0, 0.05) is 51.4 Å². The monoisotopic (exact) mass is 622 g/mol. The van der Waals surface area contributed by atoms with Crippen molar-refractivity contribution in [1.82, 2.24) is 35.2 Å². The number of nitrogens with one attached hydrogen (secondary N) is 2. The second-order valence-electron chi connectivity index (χ2n) is 13.5. The van der Waals surface area contributed by atoms with E-state index < -0.39 is 5.41 Å². The summed E-state index contributed by atoms with van der Waals surface area (Å²) in [5, 5.41) is 20.9. The molecule has 2 aliphatic carbocycles. The number of H-pyrrole nitrogens is 1. The van der Waals surface area contributed by atoms with E-state index in [4.69, 9.17) is 10.1 Å². The second-order valence-corrected chi connectivity index (χ2v) is 13.5. The molecule has 0 bridgehead atoms. The summed E-state index contributed by atoms with van der Waals surface area (Å²) >= 11 is 0. The lowest BCUT2D eigenvalue weighted by molar-refractivity contribution is -0.131. The fourth-order valence-electron chi connectivity index (χ4n) is 7.53. The predicted molar refractivity (Wildman–Crippen MR) is 172 cm³/mol. The number of hydrogen-bond donors (Lipinski definition) is 2. The molecule has 1 aromatic heterocycles. The summed E-state index contributed by atoms with van der Waals surface area (Å²) in [5.74, 6) is 1.52. The molecule has 3 aromatic rings. The standard InChI is InChI=1S/C35H42N8O3/c1-20(37-19-31(44)43-27(18-36)15-26-16-30(26)43)17-35(34-38-21(2)39-40-34)28-11-9-24(32(45)41(3)4)13-22(28)7-8-23-14-25(10-12-29(23)35)33(46)42(5)6/h9-14,20,26-27,30,37H,7-8,15-17,19H2,1-6H3,(H,38,39,40)/t20-,26-,27?,30+/m1/s1. The van der Waals surface area contributed by atoms with Crippen molar-refractivity contribution < 1.29 is 14.4 Å². The zero-order valence-electron chi connectivity index (χ0n) is 27.4. The van der Waals surface area contributed by atoms with Crippen molar-refractivity contribution >= 4 is 17.7 Å². The molecule has 1 unspecified atom stereocenters. The van der Waals surface area contributed by atoms with Gasteiger partial charge >= 0.3 is 0 Å². The Labute approximate surface area is 270 Å². The average molecular weight is 623 g/mol. The summed E-state index contributed by atoms with van der Waals surface area (Å²) in [4.78, 5) is 49.3. The summed E-state index contributed by atoms with van der Waals surface area (Å²) in [6.07, 6.45) is 3.58. The third kappa shape index (κ3) is 5.45. The normalized spacial score (nSPS) is 21.2. The van der Waals surface area contributed by atoms with Crippen molar-refractivity contribution in [2.45, 2.75) is 69.5 Å². The van der Waals surface area contributed by atoms with Gasteiger partial charge in [-0.2, -0.15) is 10.4 Å². The topological polar surface area (TPSA) is 138 Å². The van der Waals surface area contributed by atoms with E-state index in [1.54, 1.807) is 42.9 Å². The van der Waals surface area contributed by atoms with E-state index in [0.717, 1.165) is 35.1 Å². The van der Waals surface area contributed by atoms with Gasteiger partial charge in [-0.25, -0.2) is 4.98 Å². The number of piperidine rings is 1. The molecule has 1 aliphatic heterocycles. The highest BCUT2D eigenvalue weighted by atomic mass is 16.2. The zero-order valence-corrected chi connectivity index (χ0v) is 27.4. The third-order valence-corrected chi connectivity index (χ3v) is 9.83. The summed E-state index contributed by atoms with van der Waals surface area (Å²) in [6.45, 7) is 4.05. The van der Waals surface area contributed by atoms with Gasteiger partial charge in [0.2, 0.25) is 5.91 Å². The van der Waals surface area contributed by atoms with E-state index >= 15 is 0 Å². The molecule has 46 heavy (non-hydrogen) atoms. The predicted octanol–water partition coefficient (Wildman–Crippen LogP) is 2.83. The van der Waals surface area contributed by atoms with Crippen molar-refractivity contribution in [2.24, 2.45) is 5.92 Å². The molecule has 2 heterocycles. The quantitative estimate of drug-likeness (QED) is 0.394. The highest BCUT2D eigenvalue weighted by Crippen LogP contribution is 2.48. The Kier molecular flexibility index (Phi) is 8.19. The third-order valence-electron chi connectivity index (χ3n) is 9.83. The van der Waals surface area contributed by atoms with Crippen LogP contribution in [0.2, 0.25) is 0 Å². The van der Waals surface area contributed by atoms with Crippen LogP contribution < -0.4 is 5.32 Å². The number of hydrogen-bond acceptors (Lipinski definition) is 7. The number of likely N-dealkylation sites (tertiary alicyclic amines) is 1. The molecule has 1 saturated carbocycles. The van der Waals surface area contributed by atoms with Crippen molar-refractivity contribution in [2.75, 3.05) is 34.7 Å². The summed E-state index contributed by atoms with van der Waals surface area (Å²) in [6, 6.07) is 13.7. The van der Waals surface area contributed by atoms with Crippen LogP contribution in [0.3, 0.4) is 0 Å². The summed E-state index contributed by atoms with van der Waals surface area (Å²) in [7, 11) is 6.97. The highest BCUT2D eigenvalue weighted by Gasteiger charge is 2.54. The smallest absolute Gasteiger partial charge is 0.253 e. The van der Waals surface area contributed by atoms with Crippen LogP contribution in [0.25, 0.3) is 0 Å². The number of rotatable bonds is 8. The number of amides is 3. The SMILES string of the molecule is Cc1nc(C2(C[C@@H](C)NCC(=O)N3C(C#N)C[C@@H]4C[C@@H]43)c3ccc(C(=O)N(C)C)cc3CCc3cc(C(=O)N(C)C)ccc32)n[nH]1. The number of carbonyl (C=O) groups excluding carboxylic acids is 3. The first-order valence-corrected chi connectivity index (χ1v) is 16.0. The maximum atomic E-state index is 13.4. The zero-order chi connectivity index (χ0) is 32.9. The Bertz CT molecular complexity index is 1670. The number of benzene rings is 2. The number of fused-ring (bicyclic) bond motifs is 3. The van der Waals surface area contributed by atoms with Gasteiger partial charge in [0.25, 0.3) is 11.8 Å². The Morgan fingerprint density at radius 3 is 2.11 bits per heavy atom. The van der Waals surface area contributed by atoms with Gasteiger partial charge in [-0.15, -0.1) is 0 Å².